The zero-order valence-electron chi connectivity index (χ0n) is 11.6. The second-order valence-electron chi connectivity index (χ2n) is 4.56. The fourth-order valence-corrected chi connectivity index (χ4v) is 1.82. The second kappa shape index (κ2) is 6.33. The Labute approximate surface area is 113 Å². The zero-order chi connectivity index (χ0) is 14.5. The monoisotopic (exact) mass is 263 g/mol. The molecule has 0 bridgehead atoms. The summed E-state index contributed by atoms with van der Waals surface area (Å²) in [5.41, 5.74) is 5.75. The van der Waals surface area contributed by atoms with Gasteiger partial charge in [0.05, 0.1) is 6.54 Å². The SMILES string of the molecule is CCN(CC(=O)NC)C(=O)C(C)(N)c1ccccc1. The van der Waals surface area contributed by atoms with Crippen molar-refractivity contribution >= 4 is 11.8 Å². The Hall–Kier alpha value is -1.88. The Balaban J connectivity index is 2.93. The molecule has 3 N–H and O–H groups in total. The summed E-state index contributed by atoms with van der Waals surface area (Å²) in [6.45, 7) is 3.94. The fourth-order valence-electron chi connectivity index (χ4n) is 1.82. The van der Waals surface area contributed by atoms with Gasteiger partial charge in [-0.25, -0.2) is 0 Å². The maximum atomic E-state index is 12.5. The van der Waals surface area contributed by atoms with Gasteiger partial charge in [-0.1, -0.05) is 30.3 Å². The maximum absolute atomic E-state index is 12.5. The van der Waals surface area contributed by atoms with Crippen LogP contribution in [-0.2, 0) is 15.1 Å². The quantitative estimate of drug-likeness (QED) is 0.810. The molecule has 0 fully saturated rings. The first-order chi connectivity index (χ1) is 8.93. The molecule has 1 aromatic carbocycles. The van der Waals surface area contributed by atoms with E-state index in [1.54, 1.807) is 14.0 Å². The molecule has 1 atom stereocenters. The molecular formula is C14H21N3O2. The fraction of sp³-hybridized carbons (Fsp3) is 0.429. The Morgan fingerprint density at radius 1 is 1.32 bits per heavy atom. The normalized spacial score (nSPS) is 13.5. The number of hydrogen-bond acceptors (Lipinski definition) is 3. The number of nitrogens with zero attached hydrogens (tertiary/aromatic N) is 1. The van der Waals surface area contributed by atoms with Gasteiger partial charge in [0.1, 0.15) is 5.54 Å². The van der Waals surface area contributed by atoms with Gasteiger partial charge in [0.2, 0.25) is 11.8 Å². The van der Waals surface area contributed by atoms with Crippen molar-refractivity contribution in [3.8, 4) is 0 Å². The number of hydrogen-bond donors (Lipinski definition) is 2. The summed E-state index contributed by atoms with van der Waals surface area (Å²) < 4.78 is 0. The number of nitrogens with two attached hydrogens (primary N) is 1. The van der Waals surface area contributed by atoms with Crippen LogP contribution in [0.15, 0.2) is 30.3 Å². The summed E-state index contributed by atoms with van der Waals surface area (Å²) in [7, 11) is 1.54. The average molecular weight is 263 g/mol. The lowest BCUT2D eigenvalue weighted by Gasteiger charge is -2.31. The van der Waals surface area contributed by atoms with Crippen LogP contribution in [0.2, 0.25) is 0 Å². The highest BCUT2D eigenvalue weighted by molar-refractivity contribution is 5.90. The highest BCUT2D eigenvalue weighted by atomic mass is 16.2. The number of benzene rings is 1. The van der Waals surface area contributed by atoms with Gasteiger partial charge in [-0.05, 0) is 19.4 Å². The van der Waals surface area contributed by atoms with Crippen molar-refractivity contribution in [2.75, 3.05) is 20.1 Å². The first kappa shape index (κ1) is 15.2. The predicted molar refractivity (Wildman–Crippen MR) is 74.3 cm³/mol. The Morgan fingerprint density at radius 3 is 2.37 bits per heavy atom. The van der Waals surface area contributed by atoms with Gasteiger partial charge in [-0.3, -0.25) is 9.59 Å². The van der Waals surface area contributed by atoms with E-state index in [-0.39, 0.29) is 18.4 Å². The van der Waals surface area contributed by atoms with E-state index in [0.29, 0.717) is 6.54 Å². The molecule has 0 saturated heterocycles. The minimum absolute atomic E-state index is 0.0193. The molecule has 0 aromatic heterocycles. The lowest BCUT2D eigenvalue weighted by Crippen LogP contribution is -2.53. The molecule has 0 aliphatic heterocycles. The number of rotatable bonds is 5. The second-order valence-corrected chi connectivity index (χ2v) is 4.56. The molecule has 0 heterocycles. The van der Waals surface area contributed by atoms with Crippen LogP contribution in [0.5, 0.6) is 0 Å². The Kier molecular flexibility index (Phi) is 5.06. The van der Waals surface area contributed by atoms with Crippen LogP contribution < -0.4 is 11.1 Å². The van der Waals surface area contributed by atoms with Crippen LogP contribution in [-0.4, -0.2) is 36.9 Å². The molecule has 0 radical (unpaired) electrons. The van der Waals surface area contributed by atoms with Crippen molar-refractivity contribution < 1.29 is 9.59 Å². The van der Waals surface area contributed by atoms with Crippen molar-refractivity contribution in [1.29, 1.82) is 0 Å². The first-order valence-corrected chi connectivity index (χ1v) is 6.27. The molecule has 5 heteroatoms. The topological polar surface area (TPSA) is 75.4 Å². The molecule has 1 unspecified atom stereocenters. The number of amides is 2. The van der Waals surface area contributed by atoms with E-state index in [9.17, 15) is 9.59 Å². The summed E-state index contributed by atoms with van der Waals surface area (Å²) in [5.74, 6) is -0.469. The summed E-state index contributed by atoms with van der Waals surface area (Å²) in [6.07, 6.45) is 0. The van der Waals surface area contributed by atoms with Gasteiger partial charge in [0, 0.05) is 13.6 Å². The summed E-state index contributed by atoms with van der Waals surface area (Å²) >= 11 is 0. The van der Waals surface area contributed by atoms with E-state index in [1.807, 2.05) is 37.3 Å². The minimum atomic E-state index is -1.13. The number of nitrogens with one attached hydrogen (secondary N) is 1. The van der Waals surface area contributed by atoms with E-state index >= 15 is 0 Å². The van der Waals surface area contributed by atoms with E-state index in [0.717, 1.165) is 5.56 Å². The molecule has 0 spiro atoms. The third kappa shape index (κ3) is 3.54. The molecule has 19 heavy (non-hydrogen) atoms. The number of likely N-dealkylation sites (N-methyl/N-ethyl adjacent to an activating group) is 2. The van der Waals surface area contributed by atoms with Gasteiger partial charge in [-0.15, -0.1) is 0 Å². The largest absolute Gasteiger partial charge is 0.358 e. The summed E-state index contributed by atoms with van der Waals surface area (Å²) in [5, 5.41) is 2.50. The van der Waals surface area contributed by atoms with Crippen LogP contribution in [0.25, 0.3) is 0 Å². The van der Waals surface area contributed by atoms with Crippen LogP contribution in [0.3, 0.4) is 0 Å². The molecule has 5 nitrogen and oxygen atoms in total. The highest BCUT2D eigenvalue weighted by Gasteiger charge is 2.34. The maximum Gasteiger partial charge on any atom is 0.247 e. The molecule has 0 aliphatic carbocycles. The van der Waals surface area contributed by atoms with E-state index in [1.165, 1.54) is 4.90 Å². The summed E-state index contributed by atoms with van der Waals surface area (Å²) in [6, 6.07) is 9.16. The lowest BCUT2D eigenvalue weighted by molar-refractivity contribution is -0.140. The smallest absolute Gasteiger partial charge is 0.247 e. The van der Waals surface area contributed by atoms with Crippen molar-refractivity contribution in [3.63, 3.8) is 0 Å². The average Bonchev–Trinajstić information content (AvgIpc) is 2.44. The van der Waals surface area contributed by atoms with Crippen molar-refractivity contribution in [2.24, 2.45) is 5.73 Å². The highest BCUT2D eigenvalue weighted by Crippen LogP contribution is 2.20. The standard InChI is InChI=1S/C14H21N3O2/c1-4-17(10-12(18)16-3)13(19)14(2,15)11-8-6-5-7-9-11/h5-9H,4,10,15H2,1-3H3,(H,16,18). The molecule has 1 rings (SSSR count). The molecular weight excluding hydrogens is 242 g/mol. The molecule has 1 aromatic rings. The van der Waals surface area contributed by atoms with Crippen molar-refractivity contribution in [1.82, 2.24) is 10.2 Å². The van der Waals surface area contributed by atoms with Crippen LogP contribution >= 0.6 is 0 Å². The number of carbonyl (C=O) groups excluding carboxylic acids is 2. The Bertz CT molecular complexity index is 443. The third-order valence-corrected chi connectivity index (χ3v) is 3.10. The predicted octanol–water partition coefficient (Wildman–Crippen LogP) is 0.455. The van der Waals surface area contributed by atoms with Gasteiger partial charge in [0.25, 0.3) is 0 Å². The number of carbonyl (C=O) groups is 2. The van der Waals surface area contributed by atoms with E-state index < -0.39 is 5.54 Å². The van der Waals surface area contributed by atoms with Gasteiger partial charge in [-0.2, -0.15) is 0 Å². The molecule has 0 saturated carbocycles. The van der Waals surface area contributed by atoms with Crippen LogP contribution in [0.1, 0.15) is 19.4 Å². The van der Waals surface area contributed by atoms with E-state index in [2.05, 4.69) is 5.32 Å². The summed E-state index contributed by atoms with van der Waals surface area (Å²) in [4.78, 5) is 25.3. The van der Waals surface area contributed by atoms with Crippen molar-refractivity contribution in [2.45, 2.75) is 19.4 Å². The van der Waals surface area contributed by atoms with Crippen LogP contribution in [0.4, 0.5) is 0 Å². The lowest BCUT2D eigenvalue weighted by atomic mass is 9.91. The zero-order valence-corrected chi connectivity index (χ0v) is 11.6. The molecule has 2 amide bonds. The molecule has 0 aliphatic rings. The van der Waals surface area contributed by atoms with Crippen LogP contribution in [0, 0.1) is 0 Å². The van der Waals surface area contributed by atoms with Gasteiger partial charge in [0.15, 0.2) is 0 Å². The molecule has 104 valence electrons. The van der Waals surface area contributed by atoms with E-state index in [4.69, 9.17) is 5.73 Å². The van der Waals surface area contributed by atoms with Gasteiger partial charge >= 0.3 is 0 Å². The first-order valence-electron chi connectivity index (χ1n) is 6.27. The van der Waals surface area contributed by atoms with Gasteiger partial charge < -0.3 is 16.0 Å². The minimum Gasteiger partial charge on any atom is -0.358 e. The Morgan fingerprint density at radius 2 is 1.89 bits per heavy atom. The third-order valence-electron chi connectivity index (χ3n) is 3.10. The van der Waals surface area contributed by atoms with Crippen molar-refractivity contribution in [3.05, 3.63) is 35.9 Å².